The maximum Gasteiger partial charge on any atom is 0.343 e. The SMILES string of the molecule is O=C(O)c1c(O)c(O)c(O)c(-c2c(O)c(O)c(O)c(NCC3(O)CC(O)(C(O)c4cccc(Cl)c4)N3)c2O)c1O. The number of phenolic OH excluding ortho intramolecular Hbond substituents is 6. The molecule has 1 aliphatic rings. The number of aliphatic hydroxyl groups excluding tert-OH is 1. The van der Waals surface area contributed by atoms with Crippen molar-refractivity contribution in [3.05, 3.63) is 40.4 Å². The first-order chi connectivity index (χ1) is 18.5. The lowest BCUT2D eigenvalue weighted by atomic mass is 9.82. The fourth-order valence-electron chi connectivity index (χ4n) is 4.53. The Morgan fingerprint density at radius 2 is 1.43 bits per heavy atom. The number of halogens is 1. The molecule has 15 nitrogen and oxygen atoms in total. The number of aliphatic hydroxyl groups is 3. The van der Waals surface area contributed by atoms with Crippen LogP contribution in [0.2, 0.25) is 5.02 Å². The molecule has 0 bridgehead atoms. The fourth-order valence-corrected chi connectivity index (χ4v) is 4.73. The highest BCUT2D eigenvalue weighted by Crippen LogP contribution is 2.60. The summed E-state index contributed by atoms with van der Waals surface area (Å²) in [6, 6.07) is 5.93. The van der Waals surface area contributed by atoms with Crippen LogP contribution in [0.25, 0.3) is 11.1 Å². The van der Waals surface area contributed by atoms with Gasteiger partial charge in [0.2, 0.25) is 11.5 Å². The summed E-state index contributed by atoms with van der Waals surface area (Å²) in [5.74, 6) is -12.9. The van der Waals surface area contributed by atoms with Gasteiger partial charge in [-0.3, -0.25) is 5.32 Å². The van der Waals surface area contributed by atoms with Crippen molar-refractivity contribution in [1.82, 2.24) is 5.32 Å². The van der Waals surface area contributed by atoms with Crippen LogP contribution in [0.1, 0.15) is 28.4 Å². The number of benzene rings is 3. The third-order valence-electron chi connectivity index (χ3n) is 6.44. The Hall–Kier alpha value is -4.54. The number of carboxylic acid groups (broad SMARTS) is 1. The molecule has 1 aliphatic heterocycles. The molecule has 0 aliphatic carbocycles. The molecule has 14 N–H and O–H groups in total. The van der Waals surface area contributed by atoms with Gasteiger partial charge >= 0.3 is 5.97 Å². The van der Waals surface area contributed by atoms with E-state index in [4.69, 9.17) is 11.6 Å². The molecule has 3 atom stereocenters. The van der Waals surface area contributed by atoms with Gasteiger partial charge in [-0.25, -0.2) is 4.79 Å². The summed E-state index contributed by atoms with van der Waals surface area (Å²) >= 11 is 5.90. The van der Waals surface area contributed by atoms with Gasteiger partial charge in [-0.1, -0.05) is 23.7 Å². The third kappa shape index (κ3) is 4.41. The van der Waals surface area contributed by atoms with Crippen LogP contribution < -0.4 is 10.6 Å². The Labute approximate surface area is 228 Å². The first kappa shape index (κ1) is 28.5. The van der Waals surface area contributed by atoms with Crippen molar-refractivity contribution < 1.29 is 66.1 Å². The van der Waals surface area contributed by atoms with E-state index in [0.29, 0.717) is 0 Å². The van der Waals surface area contributed by atoms with E-state index in [9.17, 15) is 66.1 Å². The summed E-state index contributed by atoms with van der Waals surface area (Å²) in [6.45, 7) is -0.651. The first-order valence-corrected chi connectivity index (χ1v) is 11.6. The highest BCUT2D eigenvalue weighted by atomic mass is 35.5. The van der Waals surface area contributed by atoms with Crippen molar-refractivity contribution >= 4 is 23.3 Å². The van der Waals surface area contributed by atoms with Gasteiger partial charge in [-0.05, 0) is 17.7 Å². The van der Waals surface area contributed by atoms with E-state index in [-0.39, 0.29) is 10.6 Å². The molecule has 4 rings (SSSR count). The van der Waals surface area contributed by atoms with Gasteiger partial charge < -0.3 is 66.6 Å². The molecule has 0 aromatic heterocycles. The monoisotopic (exact) mass is 582 g/mol. The summed E-state index contributed by atoms with van der Waals surface area (Å²) < 4.78 is 0. The number of phenols is 8. The zero-order valence-electron chi connectivity index (χ0n) is 20.0. The molecule has 214 valence electrons. The molecule has 16 heteroatoms. The summed E-state index contributed by atoms with van der Waals surface area (Å²) in [7, 11) is 0. The van der Waals surface area contributed by atoms with Gasteiger partial charge in [-0.2, -0.15) is 0 Å². The van der Waals surface area contributed by atoms with Crippen LogP contribution in [0, 0.1) is 0 Å². The van der Waals surface area contributed by atoms with Crippen LogP contribution in [0.4, 0.5) is 5.69 Å². The minimum Gasteiger partial charge on any atom is -0.506 e. The molecule has 0 spiro atoms. The zero-order valence-corrected chi connectivity index (χ0v) is 20.7. The number of carbonyl (C=O) groups is 1. The Balaban J connectivity index is 1.69. The van der Waals surface area contributed by atoms with Gasteiger partial charge in [0.15, 0.2) is 34.5 Å². The number of hydrogen-bond acceptors (Lipinski definition) is 14. The smallest absolute Gasteiger partial charge is 0.343 e. The molecular formula is C24H23ClN2O13. The van der Waals surface area contributed by atoms with E-state index in [0.717, 1.165) is 0 Å². The minimum atomic E-state index is -2.04. The molecule has 0 radical (unpaired) electrons. The third-order valence-corrected chi connectivity index (χ3v) is 6.68. The van der Waals surface area contributed by atoms with Crippen LogP contribution in [0.5, 0.6) is 46.0 Å². The number of anilines is 1. The second-order valence-corrected chi connectivity index (χ2v) is 9.60. The standard InChI is InChI=1S/C24H23ClN2O13/c25-8-3-1-2-7(4-8)21(36)24(40)5-23(39,27-24)6-26-12-14(29)10(16(31)20(35)18(12)33)9-13(28)11(22(37)38)17(32)19(34)15(9)30/h1-4,21,26-36,39-40H,5-6H2,(H,37,38). The lowest BCUT2D eigenvalue weighted by molar-refractivity contribution is -0.252. The molecule has 0 saturated carbocycles. The second kappa shape index (κ2) is 9.58. The zero-order chi connectivity index (χ0) is 29.9. The number of nitrogens with one attached hydrogen (secondary N) is 2. The van der Waals surface area contributed by atoms with Gasteiger partial charge in [0.1, 0.15) is 28.8 Å². The molecule has 3 aromatic rings. The largest absolute Gasteiger partial charge is 0.506 e. The van der Waals surface area contributed by atoms with Crippen molar-refractivity contribution in [2.45, 2.75) is 24.0 Å². The van der Waals surface area contributed by atoms with Crippen molar-refractivity contribution in [2.24, 2.45) is 0 Å². The fraction of sp³-hybridized carbons (Fsp3) is 0.208. The average Bonchev–Trinajstić information content (AvgIpc) is 2.86. The highest BCUT2D eigenvalue weighted by Gasteiger charge is 2.56. The van der Waals surface area contributed by atoms with Crippen molar-refractivity contribution in [1.29, 1.82) is 0 Å². The molecule has 3 unspecified atom stereocenters. The van der Waals surface area contributed by atoms with E-state index in [2.05, 4.69) is 10.6 Å². The molecule has 0 amide bonds. The molecular weight excluding hydrogens is 560 g/mol. The summed E-state index contributed by atoms with van der Waals surface area (Å²) in [6.07, 6.45) is -2.07. The van der Waals surface area contributed by atoms with Gasteiger partial charge in [-0.15, -0.1) is 0 Å². The Morgan fingerprint density at radius 3 is 1.98 bits per heavy atom. The predicted molar refractivity (Wildman–Crippen MR) is 135 cm³/mol. The number of aromatic carboxylic acids is 1. The van der Waals surface area contributed by atoms with E-state index < -0.39 is 105 Å². The number of rotatable bonds is 7. The maximum absolute atomic E-state index is 11.5. The predicted octanol–water partition coefficient (Wildman–Crippen LogP) is 0.866. The van der Waals surface area contributed by atoms with Crippen molar-refractivity contribution in [3.63, 3.8) is 0 Å². The van der Waals surface area contributed by atoms with Gasteiger partial charge in [0, 0.05) is 11.4 Å². The Bertz CT molecular complexity index is 1540. The number of carboxylic acids is 1. The lowest BCUT2D eigenvalue weighted by Gasteiger charge is -2.53. The van der Waals surface area contributed by atoms with Crippen LogP contribution in [0.15, 0.2) is 24.3 Å². The summed E-state index contributed by atoms with van der Waals surface area (Å²) in [4.78, 5) is 11.5. The molecule has 1 saturated heterocycles. The summed E-state index contributed by atoms with van der Waals surface area (Å²) in [5, 5.41) is 128. The van der Waals surface area contributed by atoms with Crippen LogP contribution in [-0.4, -0.2) is 85.2 Å². The average molecular weight is 583 g/mol. The van der Waals surface area contributed by atoms with E-state index in [1.54, 1.807) is 0 Å². The summed E-state index contributed by atoms with van der Waals surface area (Å²) in [5.41, 5.74) is -8.22. The van der Waals surface area contributed by atoms with Gasteiger partial charge in [0.25, 0.3) is 0 Å². The Kier molecular flexibility index (Phi) is 6.82. The topological polar surface area (TPSA) is 284 Å². The Morgan fingerprint density at radius 1 is 0.875 bits per heavy atom. The second-order valence-electron chi connectivity index (χ2n) is 9.16. The van der Waals surface area contributed by atoms with Crippen molar-refractivity contribution in [2.75, 3.05) is 11.9 Å². The van der Waals surface area contributed by atoms with Crippen LogP contribution in [-0.2, 0) is 0 Å². The number of aromatic hydroxyl groups is 8. The van der Waals surface area contributed by atoms with E-state index in [1.807, 2.05) is 0 Å². The maximum atomic E-state index is 11.5. The van der Waals surface area contributed by atoms with E-state index in [1.165, 1.54) is 24.3 Å². The molecule has 3 aromatic carbocycles. The molecule has 40 heavy (non-hydrogen) atoms. The van der Waals surface area contributed by atoms with Crippen LogP contribution >= 0.6 is 11.6 Å². The lowest BCUT2D eigenvalue weighted by Crippen LogP contribution is -2.76. The van der Waals surface area contributed by atoms with Crippen LogP contribution in [0.3, 0.4) is 0 Å². The number of hydrogen-bond donors (Lipinski definition) is 14. The quantitative estimate of drug-likeness (QED) is 0.136. The van der Waals surface area contributed by atoms with Gasteiger partial charge in [0.05, 0.1) is 17.7 Å². The van der Waals surface area contributed by atoms with Crippen molar-refractivity contribution in [3.8, 4) is 57.1 Å². The minimum absolute atomic E-state index is 0.221. The molecule has 1 heterocycles. The highest BCUT2D eigenvalue weighted by molar-refractivity contribution is 6.30. The normalized spacial score (nSPS) is 21.0. The van der Waals surface area contributed by atoms with E-state index >= 15 is 0 Å². The first-order valence-electron chi connectivity index (χ1n) is 11.2. The molecule has 1 fully saturated rings.